The Morgan fingerprint density at radius 1 is 1.14 bits per heavy atom. The van der Waals surface area contributed by atoms with Crippen LogP contribution >= 0.6 is 0 Å². The summed E-state index contributed by atoms with van der Waals surface area (Å²) in [6.07, 6.45) is 7.01. The van der Waals surface area contributed by atoms with Gasteiger partial charge >= 0.3 is 0 Å². The van der Waals surface area contributed by atoms with E-state index in [-0.39, 0.29) is 11.6 Å². The van der Waals surface area contributed by atoms with Crippen LogP contribution in [0.15, 0.2) is 30.3 Å². The van der Waals surface area contributed by atoms with E-state index < -0.39 is 6.10 Å². The fourth-order valence-electron chi connectivity index (χ4n) is 5.04. The standard InChI is InChI=1S/C24H41N3O/c1-24(2,3)26-15-21-14-19-11-7-8-12-20(19)16-27(21)17-23(28)22(25)13-18-9-5-4-6-10-18/h4-6,9-10,19-23,26,28H,7-8,11-17,25H2,1-3H3/t19?,20?,21-,22-,23+/m0/s1. The van der Waals surface area contributed by atoms with Crippen molar-refractivity contribution in [3.63, 3.8) is 0 Å². The van der Waals surface area contributed by atoms with Crippen LogP contribution in [0.25, 0.3) is 0 Å². The lowest BCUT2D eigenvalue weighted by molar-refractivity contribution is 0.0000225. The zero-order valence-corrected chi connectivity index (χ0v) is 18.1. The van der Waals surface area contributed by atoms with Gasteiger partial charge in [0.25, 0.3) is 0 Å². The monoisotopic (exact) mass is 387 g/mol. The predicted molar refractivity (Wildman–Crippen MR) is 117 cm³/mol. The van der Waals surface area contributed by atoms with Gasteiger partial charge in [-0.3, -0.25) is 4.90 Å². The highest BCUT2D eigenvalue weighted by atomic mass is 16.3. The van der Waals surface area contributed by atoms with Crippen LogP contribution in [-0.4, -0.2) is 53.4 Å². The maximum atomic E-state index is 10.9. The molecule has 2 aliphatic rings. The summed E-state index contributed by atoms with van der Waals surface area (Å²) in [6.45, 7) is 9.49. The number of fused-ring (bicyclic) bond motifs is 1. The molecule has 1 aromatic rings. The molecular weight excluding hydrogens is 346 g/mol. The first kappa shape index (κ1) is 21.8. The summed E-state index contributed by atoms with van der Waals surface area (Å²) in [7, 11) is 0. The minimum atomic E-state index is -0.488. The zero-order chi connectivity index (χ0) is 20.1. The fraction of sp³-hybridized carbons (Fsp3) is 0.750. The van der Waals surface area contributed by atoms with Gasteiger partial charge in [-0.05, 0) is 57.4 Å². The first-order chi connectivity index (χ1) is 13.3. The molecule has 2 unspecified atom stereocenters. The van der Waals surface area contributed by atoms with Crippen LogP contribution in [0, 0.1) is 11.8 Å². The Balaban J connectivity index is 1.61. The molecule has 5 atom stereocenters. The van der Waals surface area contributed by atoms with Crippen molar-refractivity contribution in [3.05, 3.63) is 35.9 Å². The molecule has 4 nitrogen and oxygen atoms in total. The van der Waals surface area contributed by atoms with Crippen LogP contribution in [0.5, 0.6) is 0 Å². The average Bonchev–Trinajstić information content (AvgIpc) is 2.66. The third-order valence-electron chi connectivity index (χ3n) is 6.72. The normalized spacial score (nSPS) is 28.5. The van der Waals surface area contributed by atoms with E-state index in [4.69, 9.17) is 5.73 Å². The second-order valence-corrected chi connectivity index (χ2v) is 10.2. The lowest BCUT2D eigenvalue weighted by Crippen LogP contribution is -2.57. The molecule has 0 bridgehead atoms. The molecule has 1 aliphatic carbocycles. The van der Waals surface area contributed by atoms with E-state index in [1.807, 2.05) is 18.2 Å². The van der Waals surface area contributed by atoms with Gasteiger partial charge in [-0.1, -0.05) is 49.6 Å². The molecule has 0 spiro atoms. The van der Waals surface area contributed by atoms with E-state index in [1.165, 1.54) is 37.7 Å². The third kappa shape index (κ3) is 6.28. The van der Waals surface area contributed by atoms with Crippen molar-refractivity contribution in [2.75, 3.05) is 19.6 Å². The van der Waals surface area contributed by atoms with Gasteiger partial charge < -0.3 is 16.2 Å². The number of aliphatic hydroxyl groups excluding tert-OH is 1. The number of benzene rings is 1. The second kappa shape index (κ2) is 9.71. The van der Waals surface area contributed by atoms with Crippen molar-refractivity contribution in [1.29, 1.82) is 0 Å². The fourth-order valence-corrected chi connectivity index (χ4v) is 5.04. The van der Waals surface area contributed by atoms with E-state index in [1.54, 1.807) is 0 Å². The minimum Gasteiger partial charge on any atom is -0.390 e. The van der Waals surface area contributed by atoms with Gasteiger partial charge in [-0.25, -0.2) is 0 Å². The number of likely N-dealkylation sites (tertiary alicyclic amines) is 1. The highest BCUT2D eigenvalue weighted by Crippen LogP contribution is 2.38. The number of aliphatic hydroxyl groups is 1. The molecule has 28 heavy (non-hydrogen) atoms. The Labute approximate surface area is 171 Å². The van der Waals surface area contributed by atoms with Crippen molar-refractivity contribution < 1.29 is 5.11 Å². The lowest BCUT2D eigenvalue weighted by atomic mass is 9.72. The van der Waals surface area contributed by atoms with Gasteiger partial charge in [0, 0.05) is 37.3 Å². The summed E-state index contributed by atoms with van der Waals surface area (Å²) in [5.41, 5.74) is 7.72. The Hall–Kier alpha value is -0.940. The Morgan fingerprint density at radius 3 is 2.50 bits per heavy atom. The summed E-state index contributed by atoms with van der Waals surface area (Å²) >= 11 is 0. The number of nitrogens with one attached hydrogen (secondary N) is 1. The molecule has 4 N–H and O–H groups in total. The van der Waals surface area contributed by atoms with E-state index >= 15 is 0 Å². The van der Waals surface area contributed by atoms with Crippen molar-refractivity contribution in [2.45, 2.75) is 83.0 Å². The third-order valence-corrected chi connectivity index (χ3v) is 6.72. The van der Waals surface area contributed by atoms with Crippen LogP contribution in [0.3, 0.4) is 0 Å². The molecule has 1 heterocycles. The highest BCUT2D eigenvalue weighted by Gasteiger charge is 2.38. The molecule has 158 valence electrons. The maximum absolute atomic E-state index is 10.9. The minimum absolute atomic E-state index is 0.122. The molecule has 1 aromatic carbocycles. The van der Waals surface area contributed by atoms with Crippen LogP contribution in [0.2, 0.25) is 0 Å². The molecule has 0 aromatic heterocycles. The van der Waals surface area contributed by atoms with Crippen molar-refractivity contribution in [3.8, 4) is 0 Å². The molecule has 1 aliphatic heterocycles. The van der Waals surface area contributed by atoms with Gasteiger partial charge in [-0.2, -0.15) is 0 Å². The zero-order valence-electron chi connectivity index (χ0n) is 18.1. The number of rotatable bonds is 7. The Bertz CT molecular complexity index is 585. The number of hydrogen-bond donors (Lipinski definition) is 3. The number of hydrogen-bond acceptors (Lipinski definition) is 4. The number of nitrogens with two attached hydrogens (primary N) is 1. The highest BCUT2D eigenvalue weighted by molar-refractivity contribution is 5.16. The molecular formula is C24H41N3O. The maximum Gasteiger partial charge on any atom is 0.0821 e. The van der Waals surface area contributed by atoms with Gasteiger partial charge in [0.1, 0.15) is 0 Å². The van der Waals surface area contributed by atoms with Crippen molar-refractivity contribution in [1.82, 2.24) is 10.2 Å². The van der Waals surface area contributed by atoms with Crippen molar-refractivity contribution >= 4 is 0 Å². The predicted octanol–water partition coefficient (Wildman–Crippen LogP) is 3.19. The van der Waals surface area contributed by atoms with E-state index in [0.29, 0.717) is 12.6 Å². The molecule has 2 fully saturated rings. The molecule has 0 radical (unpaired) electrons. The number of β-amino-alcohol motifs (C(OH)–C–C–N with tert-alkyl or cyclic N) is 1. The lowest BCUT2D eigenvalue weighted by Gasteiger charge is -2.47. The summed E-state index contributed by atoms with van der Waals surface area (Å²) in [5.74, 6) is 1.67. The summed E-state index contributed by atoms with van der Waals surface area (Å²) in [4.78, 5) is 2.54. The molecule has 4 heteroatoms. The summed E-state index contributed by atoms with van der Waals surface area (Å²) < 4.78 is 0. The molecule has 0 amide bonds. The molecule has 1 saturated carbocycles. The van der Waals surface area contributed by atoms with Gasteiger partial charge in [0.2, 0.25) is 0 Å². The Morgan fingerprint density at radius 2 is 1.82 bits per heavy atom. The van der Waals surface area contributed by atoms with Crippen LogP contribution in [0.1, 0.15) is 58.4 Å². The van der Waals surface area contributed by atoms with Gasteiger partial charge in [-0.15, -0.1) is 0 Å². The number of piperidine rings is 1. The Kier molecular flexibility index (Phi) is 7.54. The summed E-state index contributed by atoms with van der Waals surface area (Å²) in [6, 6.07) is 10.6. The average molecular weight is 388 g/mol. The first-order valence-electron chi connectivity index (χ1n) is 11.3. The largest absolute Gasteiger partial charge is 0.390 e. The second-order valence-electron chi connectivity index (χ2n) is 10.2. The topological polar surface area (TPSA) is 61.5 Å². The van der Waals surface area contributed by atoms with E-state index in [9.17, 15) is 5.11 Å². The number of nitrogens with zero attached hydrogens (tertiary/aromatic N) is 1. The van der Waals surface area contributed by atoms with Gasteiger partial charge in [0.15, 0.2) is 0 Å². The van der Waals surface area contributed by atoms with Crippen LogP contribution < -0.4 is 11.1 Å². The van der Waals surface area contributed by atoms with Gasteiger partial charge in [0.05, 0.1) is 6.10 Å². The van der Waals surface area contributed by atoms with Crippen LogP contribution in [-0.2, 0) is 6.42 Å². The quantitative estimate of drug-likeness (QED) is 0.672. The van der Waals surface area contributed by atoms with E-state index in [0.717, 1.165) is 31.3 Å². The molecule has 1 saturated heterocycles. The smallest absolute Gasteiger partial charge is 0.0821 e. The van der Waals surface area contributed by atoms with Crippen molar-refractivity contribution in [2.24, 2.45) is 17.6 Å². The first-order valence-corrected chi connectivity index (χ1v) is 11.3. The summed E-state index contributed by atoms with van der Waals surface area (Å²) in [5, 5.41) is 14.6. The SMILES string of the molecule is CC(C)(C)NC[C@@H]1CC2CCCCC2CN1C[C@@H](O)[C@@H](N)Cc1ccccc1. The van der Waals surface area contributed by atoms with Crippen LogP contribution in [0.4, 0.5) is 0 Å². The van der Waals surface area contributed by atoms with E-state index in [2.05, 4.69) is 43.1 Å². The molecule has 3 rings (SSSR count).